The Morgan fingerprint density at radius 2 is 0.769 bits per heavy atom. The van der Waals surface area contributed by atoms with Crippen LogP contribution < -0.4 is 0 Å². The molecule has 308 valence electrons. The SMILES string of the molecule is CCCCCCCCCCCCCCCCCCP1(=O)O[C@@H]2[C@@H](O)[C@H](O)C3(O1)[C@@](O)([C@H]2O)P3(=O)CCCCCCCCCCCCCCCCCC. The third kappa shape index (κ3) is 12.6. The average Bonchev–Trinajstić information content (AvgIpc) is 3.61. The summed E-state index contributed by atoms with van der Waals surface area (Å²) >= 11 is 0. The van der Waals surface area contributed by atoms with Crippen LogP contribution in [-0.4, -0.2) is 67.9 Å². The first-order chi connectivity index (χ1) is 25.1. The number of fused-ring (bicyclic) bond motifs is 3. The number of aliphatic hydroxyl groups is 4. The molecule has 10 heteroatoms. The molecule has 3 unspecified atom stereocenters. The molecule has 4 aliphatic rings. The lowest BCUT2D eigenvalue weighted by atomic mass is 9.85. The van der Waals surface area contributed by atoms with Gasteiger partial charge in [-0.1, -0.05) is 206 Å². The van der Waals surface area contributed by atoms with Crippen LogP contribution in [0, 0.1) is 0 Å². The highest BCUT2D eigenvalue weighted by atomic mass is 31.2. The van der Waals surface area contributed by atoms with E-state index in [1.807, 2.05) is 0 Å². The third-order valence-electron chi connectivity index (χ3n) is 12.5. The van der Waals surface area contributed by atoms with E-state index in [0.29, 0.717) is 12.8 Å². The summed E-state index contributed by atoms with van der Waals surface area (Å²) in [5, 5.41) is 40.4. The maximum Gasteiger partial charge on any atom is 0.332 e. The molecule has 8 atom stereocenters. The first-order valence-electron chi connectivity index (χ1n) is 22.5. The maximum absolute atomic E-state index is 14.4. The molecule has 0 amide bonds. The zero-order chi connectivity index (χ0) is 37.8. The second-order valence-corrected chi connectivity index (χ2v) is 22.2. The van der Waals surface area contributed by atoms with E-state index >= 15 is 0 Å². The van der Waals surface area contributed by atoms with Gasteiger partial charge in [-0.05, 0) is 12.8 Å². The molecule has 3 saturated heterocycles. The smallest absolute Gasteiger partial charge is 0.332 e. The van der Waals surface area contributed by atoms with Crippen molar-refractivity contribution >= 4 is 14.7 Å². The van der Waals surface area contributed by atoms with E-state index in [1.54, 1.807) is 0 Å². The Kier molecular flexibility index (Phi) is 22.2. The molecule has 0 radical (unpaired) electrons. The van der Waals surface area contributed by atoms with E-state index in [0.717, 1.165) is 38.5 Å². The van der Waals surface area contributed by atoms with E-state index in [4.69, 9.17) is 9.05 Å². The van der Waals surface area contributed by atoms with Crippen molar-refractivity contribution < 1.29 is 38.6 Å². The zero-order valence-electron chi connectivity index (χ0n) is 33.7. The summed E-state index contributed by atoms with van der Waals surface area (Å²) in [5.74, 6) is 0. The fourth-order valence-electron chi connectivity index (χ4n) is 9.11. The summed E-state index contributed by atoms with van der Waals surface area (Å²) in [6, 6.07) is 0. The summed E-state index contributed by atoms with van der Waals surface area (Å²) in [7, 11) is -7.72. The molecule has 0 aromatic heterocycles. The lowest BCUT2D eigenvalue weighted by molar-refractivity contribution is -0.190. The summed E-state index contributed by atoms with van der Waals surface area (Å²) < 4.78 is 40.0. The van der Waals surface area contributed by atoms with Gasteiger partial charge in [0.25, 0.3) is 0 Å². The normalized spacial score (nSPS) is 32.3. The summed E-state index contributed by atoms with van der Waals surface area (Å²) in [6.45, 7) is 4.52. The highest BCUT2D eigenvalue weighted by Crippen LogP contribution is 2.95. The van der Waals surface area contributed by atoms with Gasteiger partial charge in [-0.25, -0.2) is 0 Å². The van der Waals surface area contributed by atoms with Gasteiger partial charge in [-0.2, -0.15) is 0 Å². The van der Waals surface area contributed by atoms with Crippen LogP contribution in [0.3, 0.4) is 0 Å². The molecule has 1 saturated carbocycles. The molecule has 52 heavy (non-hydrogen) atoms. The van der Waals surface area contributed by atoms with Crippen molar-refractivity contribution in [2.75, 3.05) is 12.3 Å². The van der Waals surface area contributed by atoms with Crippen LogP contribution in [0.2, 0.25) is 0 Å². The van der Waals surface area contributed by atoms with Gasteiger partial charge in [0.2, 0.25) is 0 Å². The van der Waals surface area contributed by atoms with Crippen molar-refractivity contribution in [2.24, 2.45) is 0 Å². The Morgan fingerprint density at radius 1 is 0.462 bits per heavy atom. The van der Waals surface area contributed by atoms with Gasteiger partial charge in [0.1, 0.15) is 24.4 Å². The minimum atomic E-state index is -3.94. The average molecular weight is 777 g/mol. The van der Waals surface area contributed by atoms with Crippen molar-refractivity contribution in [1.82, 2.24) is 0 Å². The predicted octanol–water partition coefficient (Wildman–Crippen LogP) is 12.0. The van der Waals surface area contributed by atoms with Gasteiger partial charge in [0.15, 0.2) is 17.8 Å². The van der Waals surface area contributed by atoms with Gasteiger partial charge in [0.05, 0.1) is 6.16 Å². The van der Waals surface area contributed by atoms with Crippen LogP contribution in [-0.2, 0) is 18.2 Å². The first kappa shape index (κ1) is 46.6. The summed E-state index contributed by atoms with van der Waals surface area (Å²) in [4.78, 5) is 0. The van der Waals surface area contributed by atoms with Gasteiger partial charge in [0, 0.05) is 6.16 Å². The van der Waals surface area contributed by atoms with E-state index < -0.39 is 49.8 Å². The van der Waals surface area contributed by atoms with Crippen LogP contribution >= 0.6 is 14.7 Å². The minimum absolute atomic E-state index is 0.0466. The molecule has 1 aliphatic carbocycles. The topological polar surface area (TPSA) is 134 Å². The molecule has 8 nitrogen and oxygen atoms in total. The fraction of sp³-hybridized carbons (Fsp3) is 1.00. The molecular formula is C42H82O8P2. The van der Waals surface area contributed by atoms with Crippen molar-refractivity contribution in [2.45, 2.75) is 254 Å². The Labute approximate surface area is 319 Å². The first-order valence-corrected chi connectivity index (χ1v) is 26.1. The van der Waals surface area contributed by atoms with E-state index in [1.165, 1.54) is 154 Å². The summed E-state index contributed by atoms with van der Waals surface area (Å²) in [5.41, 5.74) is 0. The van der Waals surface area contributed by atoms with E-state index in [-0.39, 0.29) is 12.3 Å². The highest BCUT2D eigenvalue weighted by Gasteiger charge is 2.98. The number of hydrogen-bond donors (Lipinski definition) is 4. The molecule has 4 fully saturated rings. The van der Waals surface area contributed by atoms with Gasteiger partial charge in [-0.3, -0.25) is 13.6 Å². The largest absolute Gasteiger partial charge is 0.387 e. The molecular weight excluding hydrogens is 694 g/mol. The predicted molar refractivity (Wildman–Crippen MR) is 216 cm³/mol. The Bertz CT molecular complexity index is 1040. The van der Waals surface area contributed by atoms with Crippen molar-refractivity contribution in [1.29, 1.82) is 0 Å². The minimum Gasteiger partial charge on any atom is -0.387 e. The molecule has 4 rings (SSSR count). The number of hydrogen-bond acceptors (Lipinski definition) is 8. The number of unbranched alkanes of at least 4 members (excludes halogenated alkanes) is 30. The Morgan fingerprint density at radius 3 is 1.12 bits per heavy atom. The lowest BCUT2D eigenvalue weighted by Crippen LogP contribution is -2.62. The van der Waals surface area contributed by atoms with Crippen LogP contribution in [0.4, 0.5) is 0 Å². The quantitative estimate of drug-likeness (QED) is 0.0375. The summed E-state index contributed by atoms with van der Waals surface area (Å²) in [6.07, 6.45) is 32.3. The molecule has 1 spiro atoms. The highest BCUT2D eigenvalue weighted by molar-refractivity contribution is 7.76. The second-order valence-electron chi connectivity index (χ2n) is 16.9. The van der Waals surface area contributed by atoms with Crippen LogP contribution in [0.5, 0.6) is 0 Å². The molecule has 4 N–H and O–H groups in total. The second kappa shape index (κ2) is 24.8. The third-order valence-corrected chi connectivity index (χ3v) is 18.9. The van der Waals surface area contributed by atoms with Crippen LogP contribution in [0.1, 0.15) is 219 Å². The van der Waals surface area contributed by atoms with Crippen molar-refractivity contribution in [3.63, 3.8) is 0 Å². The van der Waals surface area contributed by atoms with Crippen molar-refractivity contribution in [3.05, 3.63) is 0 Å². The fourth-order valence-corrected chi connectivity index (χ4v) is 16.4. The monoisotopic (exact) mass is 777 g/mol. The standard InChI is InChI=1S/C42H82O8P2/c1-3-5-7-9-11-13-15-17-19-21-23-25-27-29-31-33-35-51(47)41(46)40(45)38-37(43)39(44)42(41,51)50-52(48,49-38)36-34-32-30-28-26-24-22-20-18-16-14-12-10-8-6-4-2/h37-40,43-46H,3-36H2,1-2H3/t37-,38-,39+,40+,41-,42?,51?,52?/m1/s1. The van der Waals surface area contributed by atoms with Gasteiger partial charge >= 0.3 is 7.60 Å². The van der Waals surface area contributed by atoms with Crippen LogP contribution in [0.25, 0.3) is 0 Å². The Hall–Kier alpha value is 0.220. The van der Waals surface area contributed by atoms with Gasteiger partial charge in [-0.15, -0.1) is 0 Å². The van der Waals surface area contributed by atoms with E-state index in [9.17, 15) is 29.6 Å². The van der Waals surface area contributed by atoms with Gasteiger partial charge < -0.3 is 25.0 Å². The molecule has 0 aromatic carbocycles. The molecule has 2 bridgehead atoms. The molecule has 0 aromatic rings. The van der Waals surface area contributed by atoms with Crippen LogP contribution in [0.15, 0.2) is 0 Å². The number of rotatable bonds is 34. The molecule has 3 heterocycles. The molecule has 3 aliphatic heterocycles. The lowest BCUT2D eigenvalue weighted by Gasteiger charge is -2.35. The van der Waals surface area contributed by atoms with E-state index in [2.05, 4.69) is 13.8 Å². The zero-order valence-corrected chi connectivity index (χ0v) is 35.5. The maximum atomic E-state index is 14.4. The van der Waals surface area contributed by atoms with Crippen molar-refractivity contribution in [3.8, 4) is 0 Å². The number of aliphatic hydroxyl groups excluding tert-OH is 3. The Balaban J connectivity index is 1.29.